The van der Waals surface area contributed by atoms with Crippen LogP contribution in [-0.2, 0) is 14.3 Å². The number of hydrogen-bond donors (Lipinski definition) is 0. The lowest BCUT2D eigenvalue weighted by Gasteiger charge is -2.21. The van der Waals surface area contributed by atoms with Crippen LogP contribution in [0, 0.1) is 11.8 Å². The zero-order valence-corrected chi connectivity index (χ0v) is 9.94. The fourth-order valence-electron chi connectivity index (χ4n) is 2.00. The Balaban J connectivity index is 1.89. The smallest absolute Gasteiger partial charge is 0.325 e. The summed E-state index contributed by atoms with van der Waals surface area (Å²) in [6.45, 7) is 4.38. The van der Waals surface area contributed by atoms with Gasteiger partial charge in [0.2, 0.25) is 5.91 Å². The summed E-state index contributed by atoms with van der Waals surface area (Å²) in [5.74, 6) is 0.532. The van der Waals surface area contributed by atoms with Crippen LogP contribution in [0.5, 0.6) is 0 Å². The van der Waals surface area contributed by atoms with E-state index in [1.165, 1.54) is 0 Å². The number of amides is 1. The van der Waals surface area contributed by atoms with Crippen molar-refractivity contribution in [3.8, 4) is 0 Å². The van der Waals surface area contributed by atoms with Crippen molar-refractivity contribution in [2.24, 2.45) is 11.8 Å². The van der Waals surface area contributed by atoms with Crippen LogP contribution in [0.15, 0.2) is 0 Å². The molecule has 0 bridgehead atoms. The fraction of sp³-hybridized carbons (Fsp3) is 0.833. The van der Waals surface area contributed by atoms with Crippen LogP contribution in [-0.4, -0.2) is 36.0 Å². The second kappa shape index (κ2) is 4.44. The Bertz CT molecular complexity index is 299. The van der Waals surface area contributed by atoms with Gasteiger partial charge in [0.05, 0.1) is 6.61 Å². The molecule has 4 nitrogen and oxygen atoms in total. The molecule has 2 aliphatic rings. The molecule has 0 spiro atoms. The van der Waals surface area contributed by atoms with Crippen LogP contribution in [0.2, 0.25) is 0 Å². The van der Waals surface area contributed by atoms with E-state index in [1.54, 1.807) is 11.8 Å². The number of rotatable bonds is 5. The molecule has 0 aromatic carbocycles. The van der Waals surface area contributed by atoms with Crippen LogP contribution in [0.4, 0.5) is 0 Å². The number of esters is 1. The Hall–Kier alpha value is -1.06. The highest BCUT2D eigenvalue weighted by Crippen LogP contribution is 2.41. The number of ether oxygens (including phenoxy) is 1. The molecular weight excluding hydrogens is 206 g/mol. The van der Waals surface area contributed by atoms with E-state index in [2.05, 4.69) is 6.92 Å². The van der Waals surface area contributed by atoms with Crippen molar-refractivity contribution in [1.29, 1.82) is 0 Å². The second-order valence-corrected chi connectivity index (χ2v) is 4.82. The first-order chi connectivity index (χ1) is 7.63. The zero-order valence-electron chi connectivity index (χ0n) is 9.94. The van der Waals surface area contributed by atoms with E-state index in [0.717, 1.165) is 19.3 Å². The SMILES string of the molecule is CCOC(=O)CN(C(=O)C1CC1C)C1CC1. The van der Waals surface area contributed by atoms with E-state index in [-0.39, 0.29) is 24.3 Å². The summed E-state index contributed by atoms with van der Waals surface area (Å²) in [7, 11) is 0. The van der Waals surface area contributed by atoms with Gasteiger partial charge in [-0.3, -0.25) is 9.59 Å². The monoisotopic (exact) mass is 225 g/mol. The van der Waals surface area contributed by atoms with Gasteiger partial charge in [-0.1, -0.05) is 6.92 Å². The minimum absolute atomic E-state index is 0.139. The first-order valence-electron chi connectivity index (χ1n) is 6.09. The molecule has 0 aromatic rings. The van der Waals surface area contributed by atoms with Crippen molar-refractivity contribution in [2.75, 3.05) is 13.2 Å². The van der Waals surface area contributed by atoms with Gasteiger partial charge in [0.25, 0.3) is 0 Å². The third-order valence-electron chi connectivity index (χ3n) is 3.30. The summed E-state index contributed by atoms with van der Waals surface area (Å²) in [5, 5.41) is 0. The van der Waals surface area contributed by atoms with Gasteiger partial charge in [-0.05, 0) is 32.1 Å². The molecule has 0 saturated heterocycles. The highest BCUT2D eigenvalue weighted by Gasteiger charge is 2.45. The summed E-state index contributed by atoms with van der Waals surface area (Å²) in [4.78, 5) is 25.2. The number of hydrogen-bond acceptors (Lipinski definition) is 3. The Labute approximate surface area is 95.9 Å². The van der Waals surface area contributed by atoms with Crippen LogP contribution in [0.3, 0.4) is 0 Å². The molecule has 2 unspecified atom stereocenters. The highest BCUT2D eigenvalue weighted by atomic mass is 16.5. The first-order valence-corrected chi connectivity index (χ1v) is 6.09. The molecule has 2 saturated carbocycles. The maximum Gasteiger partial charge on any atom is 0.325 e. The molecule has 0 aromatic heterocycles. The lowest BCUT2D eigenvalue weighted by atomic mass is 10.3. The Morgan fingerprint density at radius 2 is 2.00 bits per heavy atom. The van der Waals surface area contributed by atoms with E-state index in [9.17, 15) is 9.59 Å². The van der Waals surface area contributed by atoms with E-state index in [0.29, 0.717) is 18.6 Å². The second-order valence-electron chi connectivity index (χ2n) is 4.82. The molecule has 2 aliphatic carbocycles. The van der Waals surface area contributed by atoms with E-state index >= 15 is 0 Å². The molecule has 0 N–H and O–H groups in total. The molecule has 90 valence electrons. The van der Waals surface area contributed by atoms with Crippen molar-refractivity contribution in [3.63, 3.8) is 0 Å². The molecule has 4 heteroatoms. The summed E-state index contributed by atoms with van der Waals surface area (Å²) in [6.07, 6.45) is 3.05. The maximum absolute atomic E-state index is 12.1. The fourth-order valence-corrected chi connectivity index (χ4v) is 2.00. The molecule has 0 heterocycles. The number of carbonyl (C=O) groups excluding carboxylic acids is 2. The van der Waals surface area contributed by atoms with E-state index in [1.807, 2.05) is 0 Å². The standard InChI is InChI=1S/C12H19NO3/c1-3-16-11(14)7-13(9-4-5-9)12(15)10-6-8(10)2/h8-10H,3-7H2,1-2H3. The number of nitrogens with zero attached hydrogens (tertiary/aromatic N) is 1. The van der Waals surface area contributed by atoms with Crippen LogP contribution in [0.25, 0.3) is 0 Å². The topological polar surface area (TPSA) is 46.6 Å². The maximum atomic E-state index is 12.1. The first kappa shape index (κ1) is 11.4. The van der Waals surface area contributed by atoms with Crippen LogP contribution >= 0.6 is 0 Å². The normalized spacial score (nSPS) is 27.4. The van der Waals surface area contributed by atoms with Crippen molar-refractivity contribution in [3.05, 3.63) is 0 Å². The molecule has 1 amide bonds. The average Bonchev–Trinajstić information content (AvgIpc) is 3.09. The minimum Gasteiger partial charge on any atom is -0.465 e. The molecular formula is C12H19NO3. The third kappa shape index (κ3) is 2.54. The molecule has 16 heavy (non-hydrogen) atoms. The van der Waals surface area contributed by atoms with E-state index in [4.69, 9.17) is 4.74 Å². The quantitative estimate of drug-likeness (QED) is 0.660. The number of carbonyl (C=O) groups is 2. The molecule has 2 fully saturated rings. The third-order valence-corrected chi connectivity index (χ3v) is 3.30. The average molecular weight is 225 g/mol. The Morgan fingerprint density at radius 1 is 1.38 bits per heavy atom. The summed E-state index contributed by atoms with van der Waals surface area (Å²) in [5.41, 5.74) is 0. The molecule has 0 aliphatic heterocycles. The van der Waals surface area contributed by atoms with Crippen molar-refractivity contribution in [2.45, 2.75) is 39.2 Å². The minimum atomic E-state index is -0.281. The van der Waals surface area contributed by atoms with Crippen molar-refractivity contribution in [1.82, 2.24) is 4.90 Å². The van der Waals surface area contributed by atoms with E-state index < -0.39 is 0 Å². The van der Waals surface area contributed by atoms with Gasteiger partial charge in [-0.25, -0.2) is 0 Å². The van der Waals surface area contributed by atoms with Gasteiger partial charge < -0.3 is 9.64 Å². The predicted octanol–water partition coefficient (Wildman–Crippen LogP) is 1.20. The Morgan fingerprint density at radius 3 is 2.44 bits per heavy atom. The molecule has 2 atom stereocenters. The Kier molecular flexibility index (Phi) is 3.17. The lowest BCUT2D eigenvalue weighted by Crippen LogP contribution is -2.39. The van der Waals surface area contributed by atoms with Gasteiger partial charge in [0.1, 0.15) is 6.54 Å². The predicted molar refractivity (Wildman–Crippen MR) is 58.6 cm³/mol. The van der Waals surface area contributed by atoms with Crippen LogP contribution < -0.4 is 0 Å². The van der Waals surface area contributed by atoms with Gasteiger partial charge in [-0.15, -0.1) is 0 Å². The van der Waals surface area contributed by atoms with Gasteiger partial charge in [0.15, 0.2) is 0 Å². The summed E-state index contributed by atoms with van der Waals surface area (Å²) < 4.78 is 4.89. The molecule has 0 radical (unpaired) electrons. The largest absolute Gasteiger partial charge is 0.465 e. The van der Waals surface area contributed by atoms with Crippen molar-refractivity contribution >= 4 is 11.9 Å². The zero-order chi connectivity index (χ0) is 11.7. The lowest BCUT2D eigenvalue weighted by molar-refractivity contribution is -0.149. The highest BCUT2D eigenvalue weighted by molar-refractivity contribution is 5.86. The van der Waals surface area contributed by atoms with Crippen molar-refractivity contribution < 1.29 is 14.3 Å². The summed E-state index contributed by atoms with van der Waals surface area (Å²) in [6, 6.07) is 0.296. The summed E-state index contributed by atoms with van der Waals surface area (Å²) >= 11 is 0. The molecule has 2 rings (SSSR count). The van der Waals surface area contributed by atoms with Crippen LogP contribution in [0.1, 0.15) is 33.1 Å². The van der Waals surface area contributed by atoms with Gasteiger partial charge in [-0.2, -0.15) is 0 Å². The van der Waals surface area contributed by atoms with Gasteiger partial charge >= 0.3 is 5.97 Å². The van der Waals surface area contributed by atoms with Gasteiger partial charge in [0, 0.05) is 12.0 Å².